The zero-order chi connectivity index (χ0) is 15.4. The van der Waals surface area contributed by atoms with Gasteiger partial charge in [-0.25, -0.2) is 4.68 Å². The quantitative estimate of drug-likeness (QED) is 0.708. The third-order valence-electron chi connectivity index (χ3n) is 2.95. The van der Waals surface area contributed by atoms with Gasteiger partial charge in [0.25, 0.3) is 0 Å². The minimum Gasteiger partial charge on any atom is -0.359 e. The van der Waals surface area contributed by atoms with Crippen LogP contribution in [0.4, 0.5) is 5.69 Å². The molecule has 0 spiro atoms. The van der Waals surface area contributed by atoms with Crippen LogP contribution in [0.25, 0.3) is 11.3 Å². The first kappa shape index (κ1) is 13.5. The molecule has 0 aliphatic rings. The van der Waals surface area contributed by atoms with E-state index in [0.29, 0.717) is 0 Å². The molecule has 2 aromatic heterocycles. The predicted molar refractivity (Wildman–Crippen MR) is 79.7 cm³/mol. The van der Waals surface area contributed by atoms with Crippen molar-refractivity contribution in [3.8, 4) is 11.8 Å². The molecule has 8 heteroatoms. The Morgan fingerprint density at radius 3 is 2.91 bits per heavy atom. The van der Waals surface area contributed by atoms with Crippen molar-refractivity contribution in [3.63, 3.8) is 0 Å². The van der Waals surface area contributed by atoms with Crippen LogP contribution >= 0.6 is 0 Å². The van der Waals surface area contributed by atoms with Crippen LogP contribution < -0.4 is 5.32 Å². The lowest BCUT2D eigenvalue weighted by Crippen LogP contribution is -2.01. The normalized spacial score (nSPS) is 11.2. The second-order valence-electron chi connectivity index (χ2n) is 4.47. The van der Waals surface area contributed by atoms with Crippen molar-refractivity contribution in [1.82, 2.24) is 30.4 Å². The van der Waals surface area contributed by atoms with Gasteiger partial charge in [-0.05, 0) is 30.3 Å². The van der Waals surface area contributed by atoms with Crippen molar-refractivity contribution in [2.24, 2.45) is 0 Å². The summed E-state index contributed by atoms with van der Waals surface area (Å²) in [6, 6.07) is 11.6. The largest absolute Gasteiger partial charge is 0.359 e. The summed E-state index contributed by atoms with van der Waals surface area (Å²) in [5.41, 5.74) is 2.88. The molecule has 2 N–H and O–H groups in total. The third-order valence-corrected chi connectivity index (χ3v) is 2.95. The average molecular weight is 292 g/mol. The molecule has 0 fully saturated rings. The molecule has 3 rings (SSSR count). The summed E-state index contributed by atoms with van der Waals surface area (Å²) in [5, 5.41) is 30.0. The highest BCUT2D eigenvalue weighted by atomic mass is 15.5. The maximum absolute atomic E-state index is 9.17. The van der Waals surface area contributed by atoms with Crippen molar-refractivity contribution in [2.75, 3.05) is 5.32 Å². The molecule has 0 saturated heterocycles. The monoisotopic (exact) mass is 292 g/mol. The second-order valence-corrected chi connectivity index (χ2v) is 4.47. The van der Waals surface area contributed by atoms with E-state index in [4.69, 9.17) is 5.26 Å². The van der Waals surface area contributed by atoms with Gasteiger partial charge in [-0.3, -0.25) is 0 Å². The Kier molecular flexibility index (Phi) is 3.61. The Labute approximate surface area is 126 Å². The number of aryl methyl sites for hydroxylation is 1. The molecule has 0 unspecified atom stereocenters. The zero-order valence-corrected chi connectivity index (χ0v) is 11.7. The van der Waals surface area contributed by atoms with Crippen molar-refractivity contribution in [2.45, 2.75) is 6.92 Å². The molecule has 1 aromatic carbocycles. The highest BCUT2D eigenvalue weighted by Gasteiger charge is 2.07. The first-order valence-electron chi connectivity index (χ1n) is 6.50. The number of tetrazole rings is 1. The molecule has 0 atom stereocenters. The smallest absolute Gasteiger partial charge is 0.216 e. The van der Waals surface area contributed by atoms with Crippen LogP contribution in [0.5, 0.6) is 0 Å². The molecular weight excluding hydrogens is 280 g/mol. The van der Waals surface area contributed by atoms with E-state index in [1.807, 2.05) is 49.5 Å². The number of nitriles is 1. The number of allylic oxidation sites excluding steroid dienone is 1. The number of rotatable bonds is 4. The van der Waals surface area contributed by atoms with Gasteiger partial charge in [-0.1, -0.05) is 12.1 Å². The third kappa shape index (κ3) is 2.69. The Hall–Kier alpha value is -3.47. The number of aromatic nitrogens is 6. The topological polar surface area (TPSA) is 108 Å². The van der Waals surface area contributed by atoms with E-state index in [1.54, 1.807) is 10.9 Å². The maximum atomic E-state index is 9.17. The molecular formula is C14H12N8. The molecule has 0 bridgehead atoms. The number of nitrogens with zero attached hydrogens (tertiary/aromatic N) is 6. The highest BCUT2D eigenvalue weighted by Crippen LogP contribution is 2.20. The van der Waals surface area contributed by atoms with E-state index in [9.17, 15) is 0 Å². The van der Waals surface area contributed by atoms with Crippen LogP contribution in [-0.4, -0.2) is 30.4 Å². The van der Waals surface area contributed by atoms with E-state index < -0.39 is 0 Å². The van der Waals surface area contributed by atoms with Gasteiger partial charge < -0.3 is 5.32 Å². The van der Waals surface area contributed by atoms with Crippen molar-refractivity contribution in [3.05, 3.63) is 54.2 Å². The van der Waals surface area contributed by atoms with Crippen molar-refractivity contribution >= 4 is 11.3 Å². The molecule has 0 aliphatic heterocycles. The van der Waals surface area contributed by atoms with Gasteiger partial charge in [0.2, 0.25) is 5.82 Å². The summed E-state index contributed by atoms with van der Waals surface area (Å²) in [4.78, 5) is 0. The van der Waals surface area contributed by atoms with Crippen LogP contribution in [0.2, 0.25) is 0 Å². The first-order chi connectivity index (χ1) is 10.8. The molecule has 0 saturated carbocycles. The molecule has 0 radical (unpaired) electrons. The molecule has 22 heavy (non-hydrogen) atoms. The standard InChI is InChI=1S/C14H12N8/c1-10-6-7-22(19-10)13-5-3-2-4-12(13)16-9-11(8-15)14-17-20-21-18-14/h2-7,9,16H,1H3,(H,17,18,20,21). The number of para-hydroxylation sites is 2. The van der Waals surface area contributed by atoms with Crippen LogP contribution in [-0.2, 0) is 0 Å². The number of anilines is 1. The van der Waals surface area contributed by atoms with Crippen LogP contribution in [0, 0.1) is 18.3 Å². The van der Waals surface area contributed by atoms with Gasteiger partial charge in [0, 0.05) is 12.4 Å². The average Bonchev–Trinajstić information content (AvgIpc) is 3.20. The Morgan fingerprint density at radius 2 is 2.23 bits per heavy atom. The summed E-state index contributed by atoms with van der Waals surface area (Å²) in [5.74, 6) is 0.238. The molecule has 108 valence electrons. The molecule has 0 amide bonds. The second kappa shape index (κ2) is 5.88. The molecule has 3 aromatic rings. The molecule has 2 heterocycles. The van der Waals surface area contributed by atoms with Crippen molar-refractivity contribution in [1.29, 1.82) is 5.26 Å². The fourth-order valence-corrected chi connectivity index (χ4v) is 1.92. The minimum atomic E-state index is 0.238. The highest BCUT2D eigenvalue weighted by molar-refractivity contribution is 5.75. The van der Waals surface area contributed by atoms with E-state index >= 15 is 0 Å². The summed E-state index contributed by atoms with van der Waals surface area (Å²) < 4.78 is 1.77. The minimum absolute atomic E-state index is 0.238. The number of aromatic amines is 1. The molecule has 8 nitrogen and oxygen atoms in total. The summed E-state index contributed by atoms with van der Waals surface area (Å²) in [6.07, 6.45) is 3.42. The SMILES string of the molecule is Cc1ccn(-c2ccccc2NC=C(C#N)c2nn[nH]n2)n1. The van der Waals surface area contributed by atoms with Gasteiger partial charge >= 0.3 is 0 Å². The number of nitrogens with one attached hydrogen (secondary N) is 2. The zero-order valence-electron chi connectivity index (χ0n) is 11.7. The van der Waals surface area contributed by atoms with Gasteiger partial charge in [0.05, 0.1) is 17.1 Å². The fraction of sp³-hybridized carbons (Fsp3) is 0.0714. The van der Waals surface area contributed by atoms with E-state index in [-0.39, 0.29) is 11.4 Å². The molecule has 0 aliphatic carbocycles. The Balaban J connectivity index is 1.92. The lowest BCUT2D eigenvalue weighted by molar-refractivity contribution is 0.864. The number of hydrogen-bond acceptors (Lipinski definition) is 6. The predicted octanol–water partition coefficient (Wildman–Crippen LogP) is 1.67. The summed E-state index contributed by atoms with van der Waals surface area (Å²) >= 11 is 0. The van der Waals surface area contributed by atoms with Crippen LogP contribution in [0.15, 0.2) is 42.7 Å². The van der Waals surface area contributed by atoms with Crippen LogP contribution in [0.3, 0.4) is 0 Å². The Morgan fingerprint density at radius 1 is 1.36 bits per heavy atom. The number of benzene rings is 1. The van der Waals surface area contributed by atoms with E-state index in [0.717, 1.165) is 17.1 Å². The first-order valence-corrected chi connectivity index (χ1v) is 6.50. The summed E-state index contributed by atoms with van der Waals surface area (Å²) in [6.45, 7) is 1.93. The lowest BCUT2D eigenvalue weighted by atomic mass is 10.2. The van der Waals surface area contributed by atoms with Gasteiger partial charge in [0.15, 0.2) is 0 Å². The number of hydrogen-bond donors (Lipinski definition) is 2. The summed E-state index contributed by atoms with van der Waals surface area (Å²) in [7, 11) is 0. The van der Waals surface area contributed by atoms with Gasteiger partial charge in [-0.2, -0.15) is 15.6 Å². The fourth-order valence-electron chi connectivity index (χ4n) is 1.92. The van der Waals surface area contributed by atoms with Crippen molar-refractivity contribution < 1.29 is 0 Å². The van der Waals surface area contributed by atoms with E-state index in [1.165, 1.54) is 0 Å². The maximum Gasteiger partial charge on any atom is 0.216 e. The van der Waals surface area contributed by atoms with E-state index in [2.05, 4.69) is 31.0 Å². The van der Waals surface area contributed by atoms with Crippen LogP contribution in [0.1, 0.15) is 11.5 Å². The van der Waals surface area contributed by atoms with Gasteiger partial charge in [0.1, 0.15) is 11.6 Å². The van der Waals surface area contributed by atoms with Gasteiger partial charge in [-0.15, -0.1) is 10.2 Å². The number of H-pyrrole nitrogens is 1. The lowest BCUT2D eigenvalue weighted by Gasteiger charge is -2.09. The Bertz CT molecular complexity index is 838.